The summed E-state index contributed by atoms with van der Waals surface area (Å²) in [6.45, 7) is 3.98. The Bertz CT molecular complexity index is 572. The number of ether oxygens (including phenoxy) is 1. The monoisotopic (exact) mass is 263 g/mol. The van der Waals surface area contributed by atoms with Crippen LogP contribution < -0.4 is 10.1 Å². The first-order valence-electron chi connectivity index (χ1n) is 5.55. The fourth-order valence-electron chi connectivity index (χ4n) is 1.46. The van der Waals surface area contributed by atoms with Crippen molar-refractivity contribution in [2.45, 2.75) is 13.8 Å². The van der Waals surface area contributed by atoms with Gasteiger partial charge in [-0.2, -0.15) is 4.98 Å². The summed E-state index contributed by atoms with van der Waals surface area (Å²) in [5.41, 5.74) is 2.15. The minimum absolute atomic E-state index is 0.352. The van der Waals surface area contributed by atoms with Crippen molar-refractivity contribution in [3.05, 3.63) is 40.5 Å². The number of halogens is 1. The van der Waals surface area contributed by atoms with E-state index in [2.05, 4.69) is 15.3 Å². The Kier molecular flexibility index (Phi) is 3.67. The van der Waals surface area contributed by atoms with Gasteiger partial charge in [0.05, 0.1) is 6.20 Å². The maximum Gasteiger partial charge on any atom is 0.243 e. The van der Waals surface area contributed by atoms with E-state index >= 15 is 0 Å². The van der Waals surface area contributed by atoms with Crippen molar-refractivity contribution in [3.63, 3.8) is 0 Å². The number of aryl methyl sites for hydroxylation is 2. The number of rotatable bonds is 3. The second kappa shape index (κ2) is 5.23. The molecule has 0 radical (unpaired) electrons. The summed E-state index contributed by atoms with van der Waals surface area (Å²) in [4.78, 5) is 8.19. The molecule has 1 heterocycles. The molecule has 5 heteroatoms. The van der Waals surface area contributed by atoms with Crippen LogP contribution in [0.15, 0.2) is 24.4 Å². The van der Waals surface area contributed by atoms with E-state index in [1.54, 1.807) is 7.05 Å². The molecule has 4 nitrogen and oxygen atoms in total. The molecule has 1 aromatic carbocycles. The average molecular weight is 264 g/mol. The second-order valence-electron chi connectivity index (χ2n) is 3.97. The van der Waals surface area contributed by atoms with E-state index in [0.29, 0.717) is 16.9 Å². The standard InChI is InChI=1S/C13H14ClN3O/c1-8-4-5-9(2)11(6-8)18-12-10(14)7-16-13(15-3)17-12/h4-7H,1-3H3,(H,15,16,17). The van der Waals surface area contributed by atoms with E-state index < -0.39 is 0 Å². The van der Waals surface area contributed by atoms with Crippen LogP contribution in [-0.4, -0.2) is 17.0 Å². The maximum absolute atomic E-state index is 6.02. The van der Waals surface area contributed by atoms with Gasteiger partial charge in [-0.15, -0.1) is 0 Å². The minimum atomic E-state index is 0.352. The highest BCUT2D eigenvalue weighted by atomic mass is 35.5. The Hall–Kier alpha value is -1.81. The summed E-state index contributed by atoms with van der Waals surface area (Å²) in [7, 11) is 1.74. The highest BCUT2D eigenvalue weighted by molar-refractivity contribution is 6.31. The van der Waals surface area contributed by atoms with E-state index in [9.17, 15) is 0 Å². The average Bonchev–Trinajstić information content (AvgIpc) is 2.36. The van der Waals surface area contributed by atoms with Crippen LogP contribution in [0.3, 0.4) is 0 Å². The molecule has 0 bridgehead atoms. The first kappa shape index (κ1) is 12.6. The van der Waals surface area contributed by atoms with Crippen LogP contribution >= 0.6 is 11.6 Å². The number of hydrogen-bond donors (Lipinski definition) is 1. The van der Waals surface area contributed by atoms with Crippen LogP contribution in [0, 0.1) is 13.8 Å². The molecule has 0 aliphatic rings. The van der Waals surface area contributed by atoms with Gasteiger partial charge in [-0.1, -0.05) is 23.7 Å². The third kappa shape index (κ3) is 2.71. The third-order valence-electron chi connectivity index (χ3n) is 2.49. The first-order chi connectivity index (χ1) is 8.60. The van der Waals surface area contributed by atoms with Gasteiger partial charge < -0.3 is 10.1 Å². The van der Waals surface area contributed by atoms with E-state index in [1.165, 1.54) is 6.20 Å². The van der Waals surface area contributed by atoms with Crippen LogP contribution in [0.25, 0.3) is 0 Å². The Labute approximate surface area is 111 Å². The zero-order valence-electron chi connectivity index (χ0n) is 10.5. The van der Waals surface area contributed by atoms with Gasteiger partial charge in [0, 0.05) is 7.05 Å². The predicted octanol–water partition coefficient (Wildman–Crippen LogP) is 3.58. The van der Waals surface area contributed by atoms with Gasteiger partial charge in [-0.05, 0) is 31.0 Å². The Morgan fingerprint density at radius 1 is 1.28 bits per heavy atom. The van der Waals surface area contributed by atoms with E-state index in [0.717, 1.165) is 16.9 Å². The smallest absolute Gasteiger partial charge is 0.243 e. The molecule has 0 spiro atoms. The Balaban J connectivity index is 2.36. The highest BCUT2D eigenvalue weighted by Gasteiger charge is 2.09. The molecule has 18 heavy (non-hydrogen) atoms. The van der Waals surface area contributed by atoms with E-state index in [1.807, 2.05) is 32.0 Å². The lowest BCUT2D eigenvalue weighted by Crippen LogP contribution is -1.99. The molecule has 0 aliphatic carbocycles. The number of hydrogen-bond acceptors (Lipinski definition) is 4. The first-order valence-corrected chi connectivity index (χ1v) is 5.93. The van der Waals surface area contributed by atoms with Crippen molar-refractivity contribution in [2.24, 2.45) is 0 Å². The molecule has 1 aromatic heterocycles. The maximum atomic E-state index is 6.02. The summed E-state index contributed by atoms with van der Waals surface area (Å²) in [6, 6.07) is 5.98. The Morgan fingerprint density at radius 3 is 2.78 bits per heavy atom. The zero-order chi connectivity index (χ0) is 13.1. The number of aromatic nitrogens is 2. The summed E-state index contributed by atoms with van der Waals surface area (Å²) in [6.07, 6.45) is 1.51. The van der Waals surface area contributed by atoms with Gasteiger partial charge in [-0.25, -0.2) is 4.98 Å². The van der Waals surface area contributed by atoms with E-state index in [-0.39, 0.29) is 0 Å². The van der Waals surface area contributed by atoms with Crippen molar-refractivity contribution >= 4 is 17.5 Å². The fraction of sp³-hybridized carbons (Fsp3) is 0.231. The summed E-state index contributed by atoms with van der Waals surface area (Å²) >= 11 is 6.02. The van der Waals surface area contributed by atoms with Gasteiger partial charge in [0.1, 0.15) is 10.8 Å². The largest absolute Gasteiger partial charge is 0.437 e. The fourth-order valence-corrected chi connectivity index (χ4v) is 1.59. The molecule has 0 unspecified atom stereocenters. The van der Waals surface area contributed by atoms with Gasteiger partial charge in [0.25, 0.3) is 0 Å². The molecule has 2 rings (SSSR count). The van der Waals surface area contributed by atoms with Crippen molar-refractivity contribution in [3.8, 4) is 11.6 Å². The van der Waals surface area contributed by atoms with Gasteiger partial charge in [0.15, 0.2) is 0 Å². The summed E-state index contributed by atoms with van der Waals surface area (Å²) in [5.74, 6) is 1.57. The molecule has 94 valence electrons. The summed E-state index contributed by atoms with van der Waals surface area (Å²) in [5, 5.41) is 3.23. The van der Waals surface area contributed by atoms with Crippen LogP contribution in [0.5, 0.6) is 11.6 Å². The van der Waals surface area contributed by atoms with Gasteiger partial charge in [0.2, 0.25) is 11.8 Å². The molecule has 0 saturated heterocycles. The molecule has 0 fully saturated rings. The molecule has 2 aromatic rings. The third-order valence-corrected chi connectivity index (χ3v) is 2.75. The van der Waals surface area contributed by atoms with Crippen LogP contribution in [0.1, 0.15) is 11.1 Å². The van der Waals surface area contributed by atoms with Gasteiger partial charge in [-0.3, -0.25) is 0 Å². The van der Waals surface area contributed by atoms with Crippen LogP contribution in [-0.2, 0) is 0 Å². The topological polar surface area (TPSA) is 47.0 Å². The lowest BCUT2D eigenvalue weighted by molar-refractivity contribution is 0.459. The number of benzene rings is 1. The van der Waals surface area contributed by atoms with Crippen molar-refractivity contribution in [1.82, 2.24) is 9.97 Å². The summed E-state index contributed by atoms with van der Waals surface area (Å²) < 4.78 is 5.74. The van der Waals surface area contributed by atoms with Crippen LogP contribution in [0.4, 0.5) is 5.95 Å². The lowest BCUT2D eigenvalue weighted by Gasteiger charge is -2.10. The van der Waals surface area contributed by atoms with Gasteiger partial charge >= 0.3 is 0 Å². The molecule has 0 atom stereocenters. The minimum Gasteiger partial charge on any atom is -0.437 e. The molecular weight excluding hydrogens is 250 g/mol. The van der Waals surface area contributed by atoms with Crippen molar-refractivity contribution in [2.75, 3.05) is 12.4 Å². The normalized spacial score (nSPS) is 10.2. The molecule has 1 N–H and O–H groups in total. The number of anilines is 1. The number of nitrogens with zero attached hydrogens (tertiary/aromatic N) is 2. The van der Waals surface area contributed by atoms with Crippen molar-refractivity contribution < 1.29 is 4.74 Å². The van der Waals surface area contributed by atoms with Crippen molar-refractivity contribution in [1.29, 1.82) is 0 Å². The molecule has 0 amide bonds. The van der Waals surface area contributed by atoms with Crippen LogP contribution in [0.2, 0.25) is 5.02 Å². The molecular formula is C13H14ClN3O. The quantitative estimate of drug-likeness (QED) is 0.919. The number of nitrogens with one attached hydrogen (secondary N) is 1. The van der Waals surface area contributed by atoms with E-state index in [4.69, 9.17) is 16.3 Å². The lowest BCUT2D eigenvalue weighted by atomic mass is 10.1. The molecule has 0 saturated carbocycles. The highest BCUT2D eigenvalue weighted by Crippen LogP contribution is 2.30. The zero-order valence-corrected chi connectivity index (χ0v) is 11.2. The predicted molar refractivity (Wildman–Crippen MR) is 72.6 cm³/mol. The Morgan fingerprint density at radius 2 is 2.06 bits per heavy atom. The second-order valence-corrected chi connectivity index (χ2v) is 4.37. The SMILES string of the molecule is CNc1ncc(Cl)c(Oc2cc(C)ccc2C)n1. The molecule has 0 aliphatic heterocycles.